The van der Waals surface area contributed by atoms with Gasteiger partial charge >= 0.3 is 0 Å². The minimum absolute atomic E-state index is 0.224. The Labute approximate surface area is 163 Å². The predicted molar refractivity (Wildman–Crippen MR) is 108 cm³/mol. The Morgan fingerprint density at radius 1 is 1.04 bits per heavy atom. The quantitative estimate of drug-likeness (QED) is 0.649. The lowest BCUT2D eigenvalue weighted by Gasteiger charge is -2.08. The number of carbonyl (C=O) groups excluding carboxylic acids is 1. The van der Waals surface area contributed by atoms with Gasteiger partial charge in [-0.25, -0.2) is 9.97 Å². The van der Waals surface area contributed by atoms with Crippen LogP contribution in [0.1, 0.15) is 27.2 Å². The van der Waals surface area contributed by atoms with Crippen LogP contribution in [0.15, 0.2) is 60.9 Å². The molecule has 1 amide bonds. The molecular formula is C21H21ClN4O. The number of halogens is 1. The molecule has 2 aromatic carbocycles. The van der Waals surface area contributed by atoms with E-state index in [-0.39, 0.29) is 5.91 Å². The summed E-state index contributed by atoms with van der Waals surface area (Å²) >= 11 is 5.97. The zero-order valence-corrected chi connectivity index (χ0v) is 15.8. The van der Waals surface area contributed by atoms with E-state index in [1.807, 2.05) is 36.4 Å². The number of hydrogen-bond acceptors (Lipinski definition) is 4. The summed E-state index contributed by atoms with van der Waals surface area (Å²) in [6.07, 6.45) is 2.10. The normalized spacial score (nSPS) is 10.4. The summed E-state index contributed by atoms with van der Waals surface area (Å²) in [6.45, 7) is 3.20. The molecule has 6 heteroatoms. The Morgan fingerprint density at radius 2 is 1.85 bits per heavy atom. The number of nitrogens with one attached hydrogen (secondary N) is 2. The molecule has 2 N–H and O–H groups in total. The van der Waals surface area contributed by atoms with Gasteiger partial charge in [0, 0.05) is 24.2 Å². The number of benzene rings is 2. The summed E-state index contributed by atoms with van der Waals surface area (Å²) in [5, 5.41) is 6.79. The molecule has 138 valence electrons. The van der Waals surface area contributed by atoms with Gasteiger partial charge in [0.15, 0.2) is 0 Å². The number of nitrogens with zero attached hydrogens (tertiary/aromatic N) is 2. The first-order valence-corrected chi connectivity index (χ1v) is 9.12. The Kier molecular flexibility index (Phi) is 6.39. The van der Waals surface area contributed by atoms with Crippen LogP contribution in [0.3, 0.4) is 0 Å². The molecule has 1 heterocycles. The van der Waals surface area contributed by atoms with Gasteiger partial charge in [-0.3, -0.25) is 4.79 Å². The molecule has 0 bridgehead atoms. The van der Waals surface area contributed by atoms with Gasteiger partial charge in [-0.05, 0) is 36.6 Å². The van der Waals surface area contributed by atoms with E-state index in [4.69, 9.17) is 11.6 Å². The maximum atomic E-state index is 12.3. The first-order valence-electron chi connectivity index (χ1n) is 8.74. The molecule has 0 saturated heterocycles. The second-order valence-corrected chi connectivity index (χ2v) is 6.70. The Balaban J connectivity index is 1.53. The van der Waals surface area contributed by atoms with Gasteiger partial charge in [-0.1, -0.05) is 53.6 Å². The number of hydrogen-bond donors (Lipinski definition) is 2. The van der Waals surface area contributed by atoms with Crippen molar-refractivity contribution in [1.29, 1.82) is 0 Å². The Morgan fingerprint density at radius 3 is 2.67 bits per heavy atom. The van der Waals surface area contributed by atoms with Crippen LogP contribution in [0, 0.1) is 6.92 Å². The average Bonchev–Trinajstić information content (AvgIpc) is 2.67. The van der Waals surface area contributed by atoms with Gasteiger partial charge in [-0.2, -0.15) is 0 Å². The molecule has 0 fully saturated rings. The summed E-state index contributed by atoms with van der Waals surface area (Å²) < 4.78 is 0. The molecule has 0 unspecified atom stereocenters. The summed E-state index contributed by atoms with van der Waals surface area (Å²) in [6, 6.07) is 17.5. The highest BCUT2D eigenvalue weighted by Crippen LogP contribution is 2.11. The lowest BCUT2D eigenvalue weighted by atomic mass is 10.1. The highest BCUT2D eigenvalue weighted by molar-refractivity contribution is 6.30. The van der Waals surface area contributed by atoms with Crippen molar-refractivity contribution in [1.82, 2.24) is 15.3 Å². The largest absolute Gasteiger partial charge is 0.366 e. The van der Waals surface area contributed by atoms with Gasteiger partial charge in [0.2, 0.25) is 0 Å². The number of anilines is 1. The molecule has 0 aliphatic carbocycles. The molecule has 3 rings (SSSR count). The van der Waals surface area contributed by atoms with Gasteiger partial charge in [0.25, 0.3) is 5.91 Å². The van der Waals surface area contributed by atoms with Gasteiger partial charge in [0.1, 0.15) is 17.8 Å². The monoisotopic (exact) mass is 380 g/mol. The molecule has 27 heavy (non-hydrogen) atoms. The molecular weight excluding hydrogens is 360 g/mol. The number of aromatic nitrogens is 2. The smallest absolute Gasteiger partial charge is 0.270 e. The van der Waals surface area contributed by atoms with Crippen molar-refractivity contribution in [2.24, 2.45) is 0 Å². The molecule has 0 spiro atoms. The number of amides is 1. The topological polar surface area (TPSA) is 66.9 Å². The average molecular weight is 381 g/mol. The van der Waals surface area contributed by atoms with E-state index in [0.717, 1.165) is 11.1 Å². The number of carbonyl (C=O) groups is 1. The first-order chi connectivity index (χ1) is 13.1. The fourth-order valence-corrected chi connectivity index (χ4v) is 2.91. The maximum absolute atomic E-state index is 12.3. The first kappa shape index (κ1) is 18.9. The molecule has 0 saturated carbocycles. The molecule has 0 atom stereocenters. The van der Waals surface area contributed by atoms with Crippen molar-refractivity contribution < 1.29 is 4.79 Å². The fraction of sp³-hybridized carbons (Fsp3) is 0.190. The summed E-state index contributed by atoms with van der Waals surface area (Å²) in [5.41, 5.74) is 3.77. The molecule has 1 aromatic heterocycles. The van der Waals surface area contributed by atoms with Crippen LogP contribution in [0.2, 0.25) is 5.02 Å². The third-order valence-electron chi connectivity index (χ3n) is 4.04. The summed E-state index contributed by atoms with van der Waals surface area (Å²) in [4.78, 5) is 20.6. The van der Waals surface area contributed by atoms with Crippen LogP contribution in [-0.2, 0) is 13.0 Å². The van der Waals surface area contributed by atoms with Crippen molar-refractivity contribution in [3.63, 3.8) is 0 Å². The van der Waals surface area contributed by atoms with Crippen LogP contribution >= 0.6 is 11.6 Å². The standard InChI is InChI=1S/C21H21ClN4O/c1-15-4-2-6-17(10-15)13-24-20-12-19(25-14-26-20)21(27)23-9-8-16-5-3-7-18(22)11-16/h2-7,10-12,14H,8-9,13H2,1H3,(H,23,27)(H,24,25,26). The second kappa shape index (κ2) is 9.14. The summed E-state index contributed by atoms with van der Waals surface area (Å²) in [7, 11) is 0. The second-order valence-electron chi connectivity index (χ2n) is 6.27. The molecule has 0 aliphatic rings. The lowest BCUT2D eigenvalue weighted by molar-refractivity contribution is 0.0949. The van der Waals surface area contributed by atoms with Crippen LogP contribution in [-0.4, -0.2) is 22.4 Å². The summed E-state index contributed by atoms with van der Waals surface area (Å²) in [5.74, 6) is 0.393. The van der Waals surface area contributed by atoms with Crippen molar-refractivity contribution in [3.8, 4) is 0 Å². The zero-order valence-electron chi connectivity index (χ0n) is 15.1. The van der Waals surface area contributed by atoms with E-state index in [1.165, 1.54) is 11.9 Å². The van der Waals surface area contributed by atoms with Crippen molar-refractivity contribution >= 4 is 23.3 Å². The van der Waals surface area contributed by atoms with E-state index >= 15 is 0 Å². The van der Waals surface area contributed by atoms with E-state index in [2.05, 4.69) is 39.7 Å². The highest BCUT2D eigenvalue weighted by atomic mass is 35.5. The minimum Gasteiger partial charge on any atom is -0.366 e. The zero-order chi connectivity index (χ0) is 19.1. The van der Waals surface area contributed by atoms with E-state index in [0.29, 0.717) is 36.0 Å². The third-order valence-corrected chi connectivity index (χ3v) is 4.28. The van der Waals surface area contributed by atoms with Gasteiger partial charge in [0.05, 0.1) is 0 Å². The van der Waals surface area contributed by atoms with Gasteiger partial charge < -0.3 is 10.6 Å². The Hall–Kier alpha value is -2.92. The predicted octanol–water partition coefficient (Wildman–Crippen LogP) is 4.02. The van der Waals surface area contributed by atoms with Crippen molar-refractivity contribution in [2.45, 2.75) is 19.9 Å². The Bertz CT molecular complexity index is 929. The molecule has 0 radical (unpaired) electrons. The van der Waals surface area contributed by atoms with Crippen LogP contribution < -0.4 is 10.6 Å². The minimum atomic E-state index is -0.224. The van der Waals surface area contributed by atoms with Crippen LogP contribution in [0.4, 0.5) is 5.82 Å². The van der Waals surface area contributed by atoms with Crippen molar-refractivity contribution in [2.75, 3.05) is 11.9 Å². The van der Waals surface area contributed by atoms with Crippen LogP contribution in [0.25, 0.3) is 0 Å². The van der Waals surface area contributed by atoms with E-state index in [9.17, 15) is 4.79 Å². The molecule has 5 nitrogen and oxygen atoms in total. The number of rotatable bonds is 7. The third kappa shape index (κ3) is 5.79. The lowest BCUT2D eigenvalue weighted by Crippen LogP contribution is -2.26. The van der Waals surface area contributed by atoms with E-state index < -0.39 is 0 Å². The molecule has 3 aromatic rings. The van der Waals surface area contributed by atoms with Gasteiger partial charge in [-0.15, -0.1) is 0 Å². The number of aryl methyl sites for hydroxylation is 1. The highest BCUT2D eigenvalue weighted by Gasteiger charge is 2.08. The fourth-order valence-electron chi connectivity index (χ4n) is 2.70. The maximum Gasteiger partial charge on any atom is 0.270 e. The van der Waals surface area contributed by atoms with Crippen LogP contribution in [0.5, 0.6) is 0 Å². The van der Waals surface area contributed by atoms with Crippen molar-refractivity contribution in [3.05, 3.63) is 88.3 Å². The molecule has 0 aliphatic heterocycles. The van der Waals surface area contributed by atoms with E-state index in [1.54, 1.807) is 6.07 Å². The SMILES string of the molecule is Cc1cccc(CNc2cc(C(=O)NCCc3cccc(Cl)c3)ncn2)c1.